The third-order valence-electron chi connectivity index (χ3n) is 2.35. The predicted octanol–water partition coefficient (Wildman–Crippen LogP) is 3.08. The number of ether oxygens (including phenoxy) is 1. The summed E-state index contributed by atoms with van der Waals surface area (Å²) in [6, 6.07) is 4.00. The van der Waals surface area contributed by atoms with Crippen LogP contribution >= 0.6 is 0 Å². The molecule has 0 radical (unpaired) electrons. The van der Waals surface area contributed by atoms with Crippen LogP contribution in [0.2, 0.25) is 0 Å². The van der Waals surface area contributed by atoms with Gasteiger partial charge in [0, 0.05) is 19.9 Å². The van der Waals surface area contributed by atoms with Crippen LogP contribution in [0.5, 0.6) is 0 Å². The summed E-state index contributed by atoms with van der Waals surface area (Å²) in [4.78, 5) is 4.16. The molecule has 0 aliphatic carbocycles. The van der Waals surface area contributed by atoms with Gasteiger partial charge in [0.25, 0.3) is 0 Å². The zero-order valence-corrected chi connectivity index (χ0v) is 10.7. The van der Waals surface area contributed by atoms with Gasteiger partial charge in [-0.05, 0) is 29.5 Å². The van der Waals surface area contributed by atoms with Crippen LogP contribution in [0.15, 0.2) is 18.3 Å². The van der Waals surface area contributed by atoms with E-state index in [0.29, 0.717) is 12.0 Å². The molecule has 0 aliphatic rings. The Morgan fingerprint density at radius 3 is 2.75 bits per heavy atom. The molecule has 0 bridgehead atoms. The van der Waals surface area contributed by atoms with Crippen molar-refractivity contribution in [3.8, 4) is 0 Å². The lowest BCUT2D eigenvalue weighted by Gasteiger charge is -2.17. The third kappa shape index (κ3) is 5.12. The number of hydrogen-bond acceptors (Lipinski definition) is 3. The predicted molar refractivity (Wildman–Crippen MR) is 67.5 cm³/mol. The topological polar surface area (TPSA) is 34.1 Å². The third-order valence-corrected chi connectivity index (χ3v) is 2.35. The van der Waals surface area contributed by atoms with Gasteiger partial charge in [-0.25, -0.2) is 4.98 Å². The molecule has 3 heteroatoms. The lowest BCUT2D eigenvalue weighted by molar-refractivity contribution is 0.0962. The molecule has 0 aliphatic heterocycles. The first kappa shape index (κ1) is 13.0. The monoisotopic (exact) mass is 222 g/mol. The van der Waals surface area contributed by atoms with E-state index in [1.165, 1.54) is 0 Å². The van der Waals surface area contributed by atoms with Crippen LogP contribution in [0.1, 0.15) is 32.8 Å². The summed E-state index contributed by atoms with van der Waals surface area (Å²) in [6.07, 6.45) is 2.88. The molecule has 0 saturated carbocycles. The van der Waals surface area contributed by atoms with Crippen molar-refractivity contribution in [2.45, 2.75) is 33.8 Å². The summed E-state index contributed by atoms with van der Waals surface area (Å²) in [5.41, 5.74) is 1.50. The van der Waals surface area contributed by atoms with Gasteiger partial charge in [-0.3, -0.25) is 0 Å². The van der Waals surface area contributed by atoms with Gasteiger partial charge in [-0.15, -0.1) is 0 Å². The maximum absolute atomic E-state index is 5.64. The fourth-order valence-corrected chi connectivity index (χ4v) is 1.27. The second-order valence-corrected chi connectivity index (χ2v) is 5.16. The summed E-state index contributed by atoms with van der Waals surface area (Å²) in [7, 11) is 1.87. The number of hydrogen-bond donors (Lipinski definition) is 1. The fourth-order valence-electron chi connectivity index (χ4n) is 1.27. The molecule has 0 atom stereocenters. The average molecular weight is 222 g/mol. The molecule has 0 fully saturated rings. The quantitative estimate of drug-likeness (QED) is 0.777. The minimum atomic E-state index is 0.342. The Labute approximate surface area is 98.2 Å². The van der Waals surface area contributed by atoms with E-state index >= 15 is 0 Å². The largest absolute Gasteiger partial charge is 0.377 e. The smallest absolute Gasteiger partial charge is 0.125 e. The number of pyridine rings is 1. The van der Waals surface area contributed by atoms with Crippen molar-refractivity contribution in [2.75, 3.05) is 19.0 Å². The first-order valence-electron chi connectivity index (χ1n) is 5.72. The van der Waals surface area contributed by atoms with Gasteiger partial charge in [-0.1, -0.05) is 20.8 Å². The Kier molecular flexibility index (Phi) is 4.74. The molecule has 1 aromatic rings. The van der Waals surface area contributed by atoms with Crippen LogP contribution in [0.25, 0.3) is 0 Å². The van der Waals surface area contributed by atoms with Crippen molar-refractivity contribution in [3.05, 3.63) is 23.9 Å². The first-order chi connectivity index (χ1) is 7.51. The minimum Gasteiger partial charge on any atom is -0.377 e. The first-order valence-corrected chi connectivity index (χ1v) is 5.72. The van der Waals surface area contributed by atoms with E-state index in [2.05, 4.69) is 31.1 Å². The Hall–Kier alpha value is -1.09. The van der Waals surface area contributed by atoms with Crippen molar-refractivity contribution in [2.24, 2.45) is 5.41 Å². The molecule has 1 N–H and O–H groups in total. The Morgan fingerprint density at radius 2 is 2.12 bits per heavy atom. The number of rotatable bonds is 5. The summed E-state index contributed by atoms with van der Waals surface area (Å²) >= 11 is 0. The minimum absolute atomic E-state index is 0.342. The number of anilines is 1. The molecule has 1 rings (SSSR count). The van der Waals surface area contributed by atoms with Crippen LogP contribution in [-0.4, -0.2) is 18.6 Å². The highest BCUT2D eigenvalue weighted by Crippen LogP contribution is 2.18. The lowest BCUT2D eigenvalue weighted by Crippen LogP contribution is -2.09. The zero-order valence-electron chi connectivity index (χ0n) is 10.7. The van der Waals surface area contributed by atoms with E-state index in [4.69, 9.17) is 4.74 Å². The normalized spacial score (nSPS) is 11.5. The molecule has 1 heterocycles. The lowest BCUT2D eigenvalue weighted by atomic mass is 9.93. The molecule has 3 nitrogen and oxygen atoms in total. The second kappa shape index (κ2) is 5.85. The van der Waals surface area contributed by atoms with Gasteiger partial charge < -0.3 is 10.1 Å². The maximum Gasteiger partial charge on any atom is 0.125 e. The maximum atomic E-state index is 5.64. The van der Waals surface area contributed by atoms with E-state index in [0.717, 1.165) is 24.4 Å². The summed E-state index contributed by atoms with van der Waals surface area (Å²) in [5, 5.41) is 3.02. The van der Waals surface area contributed by atoms with E-state index in [1.807, 2.05) is 19.2 Å². The summed E-state index contributed by atoms with van der Waals surface area (Å²) in [6.45, 7) is 8.14. The van der Waals surface area contributed by atoms with E-state index in [1.54, 1.807) is 6.20 Å². The molecule has 0 unspecified atom stereocenters. The fraction of sp³-hybridized carbons (Fsp3) is 0.615. The van der Waals surface area contributed by atoms with Gasteiger partial charge in [0.05, 0.1) is 6.61 Å². The van der Waals surface area contributed by atoms with Crippen LogP contribution in [0.3, 0.4) is 0 Å². The van der Waals surface area contributed by atoms with E-state index in [-0.39, 0.29) is 0 Å². The Morgan fingerprint density at radius 1 is 1.38 bits per heavy atom. The Bertz CT molecular complexity index is 318. The van der Waals surface area contributed by atoms with Crippen LogP contribution in [0.4, 0.5) is 5.82 Å². The average Bonchev–Trinajstić information content (AvgIpc) is 2.23. The van der Waals surface area contributed by atoms with Crippen molar-refractivity contribution in [3.63, 3.8) is 0 Å². The highest BCUT2D eigenvalue weighted by Gasteiger charge is 2.09. The van der Waals surface area contributed by atoms with Crippen LogP contribution < -0.4 is 5.32 Å². The van der Waals surface area contributed by atoms with E-state index < -0.39 is 0 Å². The number of nitrogens with one attached hydrogen (secondary N) is 1. The summed E-state index contributed by atoms with van der Waals surface area (Å²) in [5.74, 6) is 0.886. The molecule has 0 aromatic carbocycles. The van der Waals surface area contributed by atoms with Crippen molar-refractivity contribution in [1.82, 2.24) is 4.98 Å². The van der Waals surface area contributed by atoms with Gasteiger partial charge in [0.2, 0.25) is 0 Å². The van der Waals surface area contributed by atoms with Crippen molar-refractivity contribution >= 4 is 5.82 Å². The van der Waals surface area contributed by atoms with Crippen molar-refractivity contribution < 1.29 is 4.74 Å². The summed E-state index contributed by atoms with van der Waals surface area (Å²) < 4.78 is 5.64. The highest BCUT2D eigenvalue weighted by atomic mass is 16.5. The van der Waals surface area contributed by atoms with E-state index in [9.17, 15) is 0 Å². The van der Waals surface area contributed by atoms with Gasteiger partial charge >= 0.3 is 0 Å². The van der Waals surface area contributed by atoms with Gasteiger partial charge in [-0.2, -0.15) is 0 Å². The standard InChI is InChI=1S/C13H22N2O/c1-13(2,3)6-8-16-10-11-5-7-15-12(9-11)14-4/h5,7,9H,6,8,10H2,1-4H3,(H,14,15). The molecule has 1 aromatic heterocycles. The van der Waals surface area contributed by atoms with Crippen LogP contribution in [-0.2, 0) is 11.3 Å². The molecule has 0 saturated heterocycles. The SMILES string of the molecule is CNc1cc(COCCC(C)(C)C)ccn1. The van der Waals surface area contributed by atoms with Gasteiger partial charge in [0.15, 0.2) is 0 Å². The van der Waals surface area contributed by atoms with Crippen molar-refractivity contribution in [1.29, 1.82) is 0 Å². The molecular formula is C13H22N2O. The zero-order chi connectivity index (χ0) is 12.0. The molecule has 90 valence electrons. The number of aromatic nitrogens is 1. The second-order valence-electron chi connectivity index (χ2n) is 5.16. The molecule has 0 spiro atoms. The van der Waals surface area contributed by atoms with Gasteiger partial charge in [0.1, 0.15) is 5.82 Å². The number of nitrogens with zero attached hydrogens (tertiary/aromatic N) is 1. The molecular weight excluding hydrogens is 200 g/mol. The Balaban J connectivity index is 2.32. The molecule has 0 amide bonds. The molecule has 16 heavy (non-hydrogen) atoms. The highest BCUT2D eigenvalue weighted by molar-refractivity contribution is 5.36. The van der Waals surface area contributed by atoms with Crippen LogP contribution in [0, 0.1) is 5.41 Å².